The van der Waals surface area contributed by atoms with Gasteiger partial charge < -0.3 is 14.6 Å². The van der Waals surface area contributed by atoms with E-state index in [1.54, 1.807) is 13.2 Å². The highest BCUT2D eigenvalue weighted by molar-refractivity contribution is 5.26. The van der Waals surface area contributed by atoms with Crippen molar-refractivity contribution in [3.63, 3.8) is 0 Å². The zero-order valence-electron chi connectivity index (χ0n) is 11.1. The van der Waals surface area contributed by atoms with E-state index in [1.807, 2.05) is 31.2 Å². The minimum Gasteiger partial charge on any atom is -0.497 e. The van der Waals surface area contributed by atoms with Crippen LogP contribution in [0.5, 0.6) is 5.75 Å². The molecule has 0 heterocycles. The topological polar surface area (TPSA) is 38.7 Å². The van der Waals surface area contributed by atoms with Crippen molar-refractivity contribution < 1.29 is 14.6 Å². The van der Waals surface area contributed by atoms with Crippen LogP contribution in [-0.2, 0) is 11.3 Å². The molecule has 0 spiro atoms. The second kappa shape index (κ2) is 7.90. The first-order valence-corrected chi connectivity index (χ1v) is 6.21. The molecule has 0 aliphatic heterocycles. The van der Waals surface area contributed by atoms with E-state index in [-0.39, 0.29) is 6.10 Å². The molecule has 1 N–H and O–H groups in total. The number of ether oxygens (including phenoxy) is 2. The molecule has 0 unspecified atom stereocenters. The van der Waals surface area contributed by atoms with Crippen molar-refractivity contribution >= 4 is 0 Å². The van der Waals surface area contributed by atoms with E-state index < -0.39 is 6.10 Å². The lowest BCUT2D eigenvalue weighted by atomic mass is 10.1. The maximum atomic E-state index is 9.36. The largest absolute Gasteiger partial charge is 0.497 e. The van der Waals surface area contributed by atoms with Crippen LogP contribution in [0.1, 0.15) is 25.3 Å². The van der Waals surface area contributed by atoms with Gasteiger partial charge in [0, 0.05) is 0 Å². The van der Waals surface area contributed by atoms with Crippen molar-refractivity contribution in [1.82, 2.24) is 0 Å². The average Bonchev–Trinajstić information content (AvgIpc) is 2.42. The maximum absolute atomic E-state index is 9.36. The fourth-order valence-corrected chi connectivity index (χ4v) is 1.57. The fraction of sp³-hybridized carbons (Fsp3) is 0.467. The number of benzene rings is 1. The Labute approximate surface area is 109 Å². The van der Waals surface area contributed by atoms with Gasteiger partial charge in [-0.1, -0.05) is 18.2 Å². The molecule has 0 aliphatic rings. The van der Waals surface area contributed by atoms with E-state index >= 15 is 0 Å². The van der Waals surface area contributed by atoms with Crippen LogP contribution in [0, 0.1) is 0 Å². The maximum Gasteiger partial charge on any atom is 0.118 e. The summed E-state index contributed by atoms with van der Waals surface area (Å²) in [6.45, 7) is 6.14. The van der Waals surface area contributed by atoms with Gasteiger partial charge in [-0.05, 0) is 37.5 Å². The third kappa shape index (κ3) is 5.34. The van der Waals surface area contributed by atoms with E-state index in [9.17, 15) is 5.11 Å². The van der Waals surface area contributed by atoms with Gasteiger partial charge in [0.2, 0.25) is 0 Å². The predicted octanol–water partition coefficient (Wildman–Crippen LogP) is 2.93. The molecule has 0 saturated carbocycles. The molecule has 0 bridgehead atoms. The van der Waals surface area contributed by atoms with Crippen LogP contribution in [-0.4, -0.2) is 24.4 Å². The van der Waals surface area contributed by atoms with E-state index in [4.69, 9.17) is 9.47 Å². The van der Waals surface area contributed by atoms with Crippen LogP contribution >= 0.6 is 0 Å². The second-order valence-corrected chi connectivity index (χ2v) is 4.35. The van der Waals surface area contributed by atoms with Crippen LogP contribution in [0.15, 0.2) is 36.9 Å². The molecule has 0 amide bonds. The fourth-order valence-electron chi connectivity index (χ4n) is 1.57. The monoisotopic (exact) mass is 250 g/mol. The molecular weight excluding hydrogens is 228 g/mol. The molecule has 0 radical (unpaired) electrons. The summed E-state index contributed by atoms with van der Waals surface area (Å²) in [5, 5.41) is 9.36. The summed E-state index contributed by atoms with van der Waals surface area (Å²) >= 11 is 0. The normalized spacial score (nSPS) is 13.9. The second-order valence-electron chi connectivity index (χ2n) is 4.35. The first-order chi connectivity index (χ1) is 8.65. The zero-order valence-corrected chi connectivity index (χ0v) is 11.1. The molecule has 1 aromatic carbocycles. The van der Waals surface area contributed by atoms with Crippen molar-refractivity contribution in [3.05, 3.63) is 42.5 Å². The van der Waals surface area contributed by atoms with Crippen molar-refractivity contribution in [2.45, 2.75) is 38.6 Å². The summed E-state index contributed by atoms with van der Waals surface area (Å²) in [4.78, 5) is 0. The Balaban J connectivity index is 2.28. The van der Waals surface area contributed by atoms with Gasteiger partial charge in [-0.2, -0.15) is 0 Å². The number of aliphatic hydroxyl groups is 1. The Bertz CT molecular complexity index is 345. The summed E-state index contributed by atoms with van der Waals surface area (Å²) < 4.78 is 10.8. The molecule has 100 valence electrons. The standard InChI is InChI=1S/C15H22O3/c1-4-14(16)8-5-12(2)18-11-13-6-9-15(17-3)10-7-13/h4,6-7,9-10,12,14,16H,1,5,8,11H2,2-3H3/t12-,14-/m0/s1. The molecule has 1 aromatic rings. The molecular formula is C15H22O3. The summed E-state index contributed by atoms with van der Waals surface area (Å²) in [7, 11) is 1.65. The Hall–Kier alpha value is -1.32. The van der Waals surface area contributed by atoms with Gasteiger partial charge in [-0.3, -0.25) is 0 Å². The van der Waals surface area contributed by atoms with Crippen LogP contribution < -0.4 is 4.74 Å². The minimum atomic E-state index is -0.433. The van der Waals surface area contributed by atoms with Gasteiger partial charge in [-0.25, -0.2) is 0 Å². The third-order valence-corrected chi connectivity index (χ3v) is 2.83. The molecule has 0 aliphatic carbocycles. The van der Waals surface area contributed by atoms with Crippen LogP contribution in [0.4, 0.5) is 0 Å². The minimum absolute atomic E-state index is 0.127. The quantitative estimate of drug-likeness (QED) is 0.721. The number of hydrogen-bond donors (Lipinski definition) is 1. The Morgan fingerprint density at radius 1 is 1.28 bits per heavy atom. The van der Waals surface area contributed by atoms with Crippen molar-refractivity contribution in [2.75, 3.05) is 7.11 Å². The zero-order chi connectivity index (χ0) is 13.4. The highest BCUT2D eigenvalue weighted by Gasteiger charge is 2.06. The number of methoxy groups -OCH3 is 1. The van der Waals surface area contributed by atoms with Crippen LogP contribution in [0.25, 0.3) is 0 Å². The molecule has 3 heteroatoms. The van der Waals surface area contributed by atoms with Gasteiger partial charge in [0.25, 0.3) is 0 Å². The van der Waals surface area contributed by atoms with E-state index in [1.165, 1.54) is 0 Å². The first kappa shape index (κ1) is 14.7. The van der Waals surface area contributed by atoms with Gasteiger partial charge in [-0.15, -0.1) is 6.58 Å². The highest BCUT2D eigenvalue weighted by atomic mass is 16.5. The SMILES string of the molecule is C=C[C@H](O)CC[C@H](C)OCc1ccc(OC)cc1. The van der Waals surface area contributed by atoms with Crippen molar-refractivity contribution in [2.24, 2.45) is 0 Å². The highest BCUT2D eigenvalue weighted by Crippen LogP contribution is 2.13. The molecule has 1 rings (SSSR count). The predicted molar refractivity (Wildman–Crippen MR) is 72.7 cm³/mol. The summed E-state index contributed by atoms with van der Waals surface area (Å²) in [5.74, 6) is 0.848. The molecule has 0 saturated heterocycles. The number of aliphatic hydroxyl groups excluding tert-OH is 1. The van der Waals surface area contributed by atoms with Gasteiger partial charge in [0.1, 0.15) is 5.75 Å². The van der Waals surface area contributed by atoms with E-state index in [2.05, 4.69) is 6.58 Å². The number of hydrogen-bond acceptors (Lipinski definition) is 3. The molecule has 18 heavy (non-hydrogen) atoms. The van der Waals surface area contributed by atoms with Gasteiger partial charge in [0.15, 0.2) is 0 Å². The molecule has 2 atom stereocenters. The van der Waals surface area contributed by atoms with Crippen LogP contribution in [0.2, 0.25) is 0 Å². The lowest BCUT2D eigenvalue weighted by Gasteiger charge is -2.14. The summed E-state index contributed by atoms with van der Waals surface area (Å²) in [6.07, 6.45) is 2.76. The van der Waals surface area contributed by atoms with Crippen LogP contribution in [0.3, 0.4) is 0 Å². The third-order valence-electron chi connectivity index (χ3n) is 2.83. The Morgan fingerprint density at radius 3 is 2.50 bits per heavy atom. The van der Waals surface area contributed by atoms with Gasteiger partial charge in [0.05, 0.1) is 25.9 Å². The number of rotatable bonds is 8. The molecule has 0 fully saturated rings. The Morgan fingerprint density at radius 2 is 1.94 bits per heavy atom. The lowest BCUT2D eigenvalue weighted by Crippen LogP contribution is -2.12. The van der Waals surface area contributed by atoms with Crippen molar-refractivity contribution in [3.8, 4) is 5.75 Å². The Kier molecular flexibility index (Phi) is 6.47. The summed E-state index contributed by atoms with van der Waals surface area (Å²) in [6, 6.07) is 7.82. The van der Waals surface area contributed by atoms with Gasteiger partial charge >= 0.3 is 0 Å². The first-order valence-electron chi connectivity index (χ1n) is 6.21. The smallest absolute Gasteiger partial charge is 0.118 e. The van der Waals surface area contributed by atoms with E-state index in [0.29, 0.717) is 13.0 Å². The lowest BCUT2D eigenvalue weighted by molar-refractivity contribution is 0.0393. The molecule has 3 nitrogen and oxygen atoms in total. The molecule has 0 aromatic heterocycles. The summed E-state index contributed by atoms with van der Waals surface area (Å²) in [5.41, 5.74) is 1.12. The van der Waals surface area contributed by atoms with E-state index in [0.717, 1.165) is 17.7 Å². The average molecular weight is 250 g/mol. The van der Waals surface area contributed by atoms with Crippen molar-refractivity contribution in [1.29, 1.82) is 0 Å².